The lowest BCUT2D eigenvalue weighted by Crippen LogP contribution is -2.30. The SMILES string of the molecule is Cc1oc(-c2ccco2)nc1CN(C)CCN(C)c1ccccc1. The Morgan fingerprint density at radius 2 is 1.79 bits per heavy atom. The number of aromatic nitrogens is 1. The van der Waals surface area contributed by atoms with Crippen LogP contribution in [0.5, 0.6) is 0 Å². The molecule has 5 nitrogen and oxygen atoms in total. The van der Waals surface area contributed by atoms with Gasteiger partial charge in [0.25, 0.3) is 5.89 Å². The third-order valence-electron chi connectivity index (χ3n) is 4.06. The third-order valence-corrected chi connectivity index (χ3v) is 4.06. The molecule has 24 heavy (non-hydrogen) atoms. The fraction of sp³-hybridized carbons (Fsp3) is 0.316. The Bertz CT molecular complexity index is 750. The van der Waals surface area contributed by atoms with Crippen molar-refractivity contribution in [1.82, 2.24) is 9.88 Å². The smallest absolute Gasteiger partial charge is 0.263 e. The number of likely N-dealkylation sites (N-methyl/N-ethyl adjacent to an activating group) is 2. The highest BCUT2D eigenvalue weighted by atomic mass is 16.4. The number of rotatable bonds is 7. The predicted octanol–water partition coefficient (Wildman–Crippen LogP) is 3.81. The Morgan fingerprint density at radius 3 is 2.50 bits per heavy atom. The van der Waals surface area contributed by atoms with Gasteiger partial charge in [0, 0.05) is 32.4 Å². The molecule has 0 fully saturated rings. The summed E-state index contributed by atoms with van der Waals surface area (Å²) < 4.78 is 11.1. The molecule has 0 aliphatic carbocycles. The Morgan fingerprint density at radius 1 is 1.00 bits per heavy atom. The first-order valence-electron chi connectivity index (χ1n) is 8.08. The maximum atomic E-state index is 5.71. The van der Waals surface area contributed by atoms with Crippen LogP contribution in [0, 0.1) is 6.92 Å². The predicted molar refractivity (Wildman–Crippen MR) is 95.0 cm³/mol. The van der Waals surface area contributed by atoms with E-state index >= 15 is 0 Å². The average molecular weight is 325 g/mol. The topological polar surface area (TPSA) is 45.7 Å². The van der Waals surface area contributed by atoms with Crippen molar-refractivity contribution in [2.75, 3.05) is 32.1 Å². The van der Waals surface area contributed by atoms with Gasteiger partial charge in [-0.05, 0) is 38.2 Å². The molecule has 0 saturated carbocycles. The second-order valence-electron chi connectivity index (χ2n) is 5.99. The lowest BCUT2D eigenvalue weighted by molar-refractivity contribution is 0.328. The van der Waals surface area contributed by atoms with Crippen LogP contribution >= 0.6 is 0 Å². The number of furan rings is 1. The molecule has 0 bridgehead atoms. The van der Waals surface area contributed by atoms with Gasteiger partial charge in [0.15, 0.2) is 5.76 Å². The molecule has 0 amide bonds. The maximum absolute atomic E-state index is 5.71. The summed E-state index contributed by atoms with van der Waals surface area (Å²) in [7, 11) is 4.21. The van der Waals surface area contributed by atoms with Gasteiger partial charge in [-0.25, -0.2) is 4.98 Å². The van der Waals surface area contributed by atoms with Crippen LogP contribution in [0.3, 0.4) is 0 Å². The highest BCUT2D eigenvalue weighted by Gasteiger charge is 2.15. The monoisotopic (exact) mass is 325 g/mol. The van der Waals surface area contributed by atoms with Crippen molar-refractivity contribution in [3.05, 3.63) is 60.2 Å². The van der Waals surface area contributed by atoms with E-state index in [0.29, 0.717) is 11.7 Å². The second-order valence-corrected chi connectivity index (χ2v) is 5.99. The third kappa shape index (κ3) is 3.86. The molecule has 3 rings (SSSR count). The minimum Gasteiger partial charge on any atom is -0.459 e. The van der Waals surface area contributed by atoms with E-state index in [4.69, 9.17) is 8.83 Å². The standard InChI is InChI=1S/C19H23N3O2/c1-15-17(20-19(24-15)18-10-7-13-23-18)14-21(2)11-12-22(3)16-8-5-4-6-9-16/h4-10,13H,11-12,14H2,1-3H3. The van der Waals surface area contributed by atoms with Crippen LogP contribution < -0.4 is 4.90 Å². The molecule has 2 aromatic heterocycles. The summed E-state index contributed by atoms with van der Waals surface area (Å²) in [4.78, 5) is 9.06. The van der Waals surface area contributed by atoms with E-state index in [0.717, 1.165) is 31.1 Å². The first-order valence-corrected chi connectivity index (χ1v) is 8.08. The number of nitrogens with zero attached hydrogens (tertiary/aromatic N) is 3. The Labute approximate surface area is 142 Å². The molecule has 0 atom stereocenters. The molecule has 1 aromatic carbocycles. The summed E-state index contributed by atoms with van der Waals surface area (Å²) in [5, 5.41) is 0. The van der Waals surface area contributed by atoms with Crippen LogP contribution in [0.1, 0.15) is 11.5 Å². The Hall–Kier alpha value is -2.53. The highest BCUT2D eigenvalue weighted by molar-refractivity contribution is 5.45. The van der Waals surface area contributed by atoms with Crippen LogP contribution in [0.2, 0.25) is 0 Å². The molecular formula is C19H23N3O2. The number of hydrogen-bond acceptors (Lipinski definition) is 5. The zero-order valence-electron chi connectivity index (χ0n) is 14.4. The van der Waals surface area contributed by atoms with Crippen LogP contribution in [-0.2, 0) is 6.54 Å². The maximum Gasteiger partial charge on any atom is 0.263 e. The van der Waals surface area contributed by atoms with Crippen LogP contribution in [0.15, 0.2) is 57.6 Å². The van der Waals surface area contributed by atoms with E-state index in [1.54, 1.807) is 6.26 Å². The number of oxazole rings is 1. The van der Waals surface area contributed by atoms with Crippen LogP contribution in [0.4, 0.5) is 5.69 Å². The molecule has 5 heteroatoms. The minimum atomic E-state index is 0.544. The van der Waals surface area contributed by atoms with Crippen LogP contribution in [-0.4, -0.2) is 37.1 Å². The van der Waals surface area contributed by atoms with Gasteiger partial charge in [0.1, 0.15) is 5.76 Å². The van der Waals surface area contributed by atoms with Crippen molar-refractivity contribution in [3.8, 4) is 11.7 Å². The average Bonchev–Trinajstić information content (AvgIpc) is 3.24. The molecule has 0 saturated heterocycles. The van der Waals surface area contributed by atoms with Crippen molar-refractivity contribution in [1.29, 1.82) is 0 Å². The van der Waals surface area contributed by atoms with E-state index in [-0.39, 0.29) is 0 Å². The van der Waals surface area contributed by atoms with Gasteiger partial charge < -0.3 is 13.7 Å². The fourth-order valence-electron chi connectivity index (χ4n) is 2.55. The van der Waals surface area contributed by atoms with E-state index in [2.05, 4.69) is 53.1 Å². The van der Waals surface area contributed by atoms with E-state index < -0.39 is 0 Å². The van der Waals surface area contributed by atoms with Gasteiger partial charge >= 0.3 is 0 Å². The fourth-order valence-corrected chi connectivity index (χ4v) is 2.55. The lowest BCUT2D eigenvalue weighted by atomic mass is 10.3. The quantitative estimate of drug-likeness (QED) is 0.661. The summed E-state index contributed by atoms with van der Waals surface area (Å²) in [6.45, 7) is 4.58. The normalized spacial score (nSPS) is 11.2. The van der Waals surface area contributed by atoms with Gasteiger partial charge in [0.05, 0.1) is 12.0 Å². The van der Waals surface area contributed by atoms with Crippen molar-refractivity contribution >= 4 is 5.69 Å². The van der Waals surface area contributed by atoms with Gasteiger partial charge in [-0.15, -0.1) is 0 Å². The lowest BCUT2D eigenvalue weighted by Gasteiger charge is -2.23. The number of benzene rings is 1. The van der Waals surface area contributed by atoms with Crippen molar-refractivity contribution in [2.24, 2.45) is 0 Å². The highest BCUT2D eigenvalue weighted by Crippen LogP contribution is 2.22. The molecule has 2 heterocycles. The van der Waals surface area contributed by atoms with Gasteiger partial charge in [0.2, 0.25) is 0 Å². The summed E-state index contributed by atoms with van der Waals surface area (Å²) in [5.41, 5.74) is 2.18. The first-order chi connectivity index (χ1) is 11.6. The first kappa shape index (κ1) is 16.3. The Kier molecular flexibility index (Phi) is 5.01. The molecule has 0 unspecified atom stereocenters. The number of hydrogen-bond donors (Lipinski definition) is 0. The molecule has 3 aromatic rings. The number of anilines is 1. The second kappa shape index (κ2) is 7.36. The van der Waals surface area contributed by atoms with Crippen LogP contribution in [0.25, 0.3) is 11.7 Å². The largest absolute Gasteiger partial charge is 0.459 e. The number of aryl methyl sites for hydroxylation is 1. The van der Waals surface area contributed by atoms with E-state index in [1.807, 2.05) is 25.1 Å². The van der Waals surface area contributed by atoms with Gasteiger partial charge in [-0.1, -0.05) is 18.2 Å². The minimum absolute atomic E-state index is 0.544. The summed E-state index contributed by atoms with van der Waals surface area (Å²) >= 11 is 0. The Balaban J connectivity index is 1.56. The van der Waals surface area contributed by atoms with E-state index in [9.17, 15) is 0 Å². The molecular weight excluding hydrogens is 302 g/mol. The molecule has 0 radical (unpaired) electrons. The summed E-state index contributed by atoms with van der Waals surface area (Å²) in [6, 6.07) is 14.1. The zero-order valence-corrected chi connectivity index (χ0v) is 14.4. The van der Waals surface area contributed by atoms with Gasteiger partial charge in [-0.3, -0.25) is 4.90 Å². The number of para-hydroxylation sites is 1. The van der Waals surface area contributed by atoms with Crippen molar-refractivity contribution in [3.63, 3.8) is 0 Å². The van der Waals surface area contributed by atoms with Crippen molar-refractivity contribution in [2.45, 2.75) is 13.5 Å². The van der Waals surface area contributed by atoms with E-state index in [1.165, 1.54) is 5.69 Å². The molecule has 0 aliphatic heterocycles. The van der Waals surface area contributed by atoms with Crippen molar-refractivity contribution < 1.29 is 8.83 Å². The van der Waals surface area contributed by atoms with Gasteiger partial charge in [-0.2, -0.15) is 0 Å². The molecule has 0 N–H and O–H groups in total. The summed E-state index contributed by atoms with van der Waals surface area (Å²) in [5.74, 6) is 2.04. The molecule has 0 spiro atoms. The molecule has 126 valence electrons. The molecule has 0 aliphatic rings. The zero-order chi connectivity index (χ0) is 16.9. The summed E-state index contributed by atoms with van der Waals surface area (Å²) in [6.07, 6.45) is 1.63.